The minimum atomic E-state index is -1.06. The first-order valence-corrected chi connectivity index (χ1v) is 24.0. The van der Waals surface area contributed by atoms with Crippen LogP contribution in [0.1, 0.15) is 109 Å². The van der Waals surface area contributed by atoms with Gasteiger partial charge in [-0.3, -0.25) is 14.2 Å². The molecule has 2 aromatic carbocycles. The van der Waals surface area contributed by atoms with Gasteiger partial charge in [0, 0.05) is 29.4 Å². The third-order valence-electron chi connectivity index (χ3n) is 12.1. The highest BCUT2D eigenvalue weighted by molar-refractivity contribution is 7.16. The van der Waals surface area contributed by atoms with E-state index in [4.69, 9.17) is 32.0 Å². The molecule has 0 aliphatic heterocycles. The molecule has 7 aromatic rings. The van der Waals surface area contributed by atoms with Crippen LogP contribution in [-0.4, -0.2) is 62.0 Å². The number of aliphatic carboxylic acids is 1. The van der Waals surface area contributed by atoms with Gasteiger partial charge in [-0.2, -0.15) is 30.1 Å². The maximum atomic E-state index is 12.7. The average molecular weight is 1010 g/mol. The Morgan fingerprint density at radius 2 is 1.28 bits per heavy atom. The van der Waals surface area contributed by atoms with E-state index in [2.05, 4.69) is 36.7 Å². The number of aromatic hydroxyl groups is 1. The number of hydrogen-bond donors (Lipinski definition) is 3. The zero-order valence-corrected chi connectivity index (χ0v) is 44.7. The van der Waals surface area contributed by atoms with Gasteiger partial charge in [0.05, 0.1) is 18.0 Å². The summed E-state index contributed by atoms with van der Waals surface area (Å²) in [5.74, 6) is -1.04. The summed E-state index contributed by atoms with van der Waals surface area (Å²) >= 11 is 0.984. The third-order valence-corrected chi connectivity index (χ3v) is 12.9. The van der Waals surface area contributed by atoms with Crippen LogP contribution < -0.4 is 15.8 Å². The molecule has 21 nitrogen and oxygen atoms in total. The van der Waals surface area contributed by atoms with Crippen LogP contribution in [0, 0.1) is 84.6 Å². The lowest BCUT2D eigenvalue weighted by atomic mass is 9.90. The predicted octanol–water partition coefficient (Wildman–Crippen LogP) is 11.9. The molecule has 0 unspecified atom stereocenters. The van der Waals surface area contributed by atoms with Gasteiger partial charge in [0.15, 0.2) is 23.1 Å². The number of carboxylic acids is 1. The summed E-state index contributed by atoms with van der Waals surface area (Å²) in [4.78, 5) is 35.8. The number of nitrogens with one attached hydrogen (secondary N) is 1. The largest absolute Gasteiger partial charge is 0.493 e. The molecule has 0 bridgehead atoms. The Morgan fingerprint density at radius 3 is 1.81 bits per heavy atom. The van der Waals surface area contributed by atoms with Crippen molar-refractivity contribution in [1.82, 2.24) is 39.3 Å². The number of aryl methyl sites for hydroxylation is 7. The number of rotatable bonds is 12. The van der Waals surface area contributed by atoms with Crippen LogP contribution in [0.15, 0.2) is 55.6 Å². The Bertz CT molecular complexity index is 3660. The first-order chi connectivity index (χ1) is 34.7. The van der Waals surface area contributed by atoms with Crippen LogP contribution >= 0.6 is 11.3 Å². The lowest BCUT2D eigenvalue weighted by Crippen LogP contribution is -2.27. The van der Waals surface area contributed by atoms with Gasteiger partial charge in [-0.25, -0.2) is 9.83 Å². The lowest BCUT2D eigenvalue weighted by molar-refractivity contribution is -0.135. The van der Waals surface area contributed by atoms with Crippen molar-refractivity contribution in [3.8, 4) is 28.3 Å². The Balaban J connectivity index is 1.43. The molecule has 0 fully saturated rings. The number of pyridine rings is 2. The molecule has 0 radical (unpaired) electrons. The van der Waals surface area contributed by atoms with E-state index < -0.39 is 28.2 Å². The fourth-order valence-electron chi connectivity index (χ4n) is 8.69. The van der Waals surface area contributed by atoms with E-state index in [1.165, 1.54) is 23.3 Å². The van der Waals surface area contributed by atoms with E-state index in [1.807, 2.05) is 120 Å². The second-order valence-electron chi connectivity index (χ2n) is 20.2. The van der Waals surface area contributed by atoms with Crippen LogP contribution in [0.2, 0.25) is 0 Å². The van der Waals surface area contributed by atoms with Crippen LogP contribution in [-0.2, 0) is 22.7 Å². The quantitative estimate of drug-likeness (QED) is 0.0760. The molecule has 0 aliphatic carbocycles. The molecule has 0 amide bonds. The van der Waals surface area contributed by atoms with E-state index in [-0.39, 0.29) is 62.3 Å². The first-order valence-electron chi connectivity index (χ1n) is 23.2. The van der Waals surface area contributed by atoms with Crippen molar-refractivity contribution in [2.24, 2.45) is 27.5 Å². The van der Waals surface area contributed by atoms with Gasteiger partial charge in [-0.05, 0) is 94.7 Å². The maximum Gasteiger partial charge on any atom is 0.323 e. The first kappa shape index (κ1) is 52.9. The maximum absolute atomic E-state index is 12.7. The molecule has 7 rings (SSSR count). The number of aromatic nitrogens is 8. The smallest absolute Gasteiger partial charge is 0.323 e. The van der Waals surface area contributed by atoms with Crippen LogP contribution in [0.3, 0.4) is 0 Å². The van der Waals surface area contributed by atoms with Gasteiger partial charge in [0.2, 0.25) is 16.1 Å². The minimum absolute atomic E-state index is 0.0159. The van der Waals surface area contributed by atoms with Gasteiger partial charge >= 0.3 is 5.97 Å². The summed E-state index contributed by atoms with van der Waals surface area (Å²) in [6.07, 6.45) is 0. The predicted molar refractivity (Wildman–Crippen MR) is 282 cm³/mol. The Kier molecular flexibility index (Phi) is 14.2. The Hall–Kier alpha value is -8.94. The van der Waals surface area contributed by atoms with Crippen LogP contribution in [0.5, 0.6) is 5.88 Å². The molecular weight excluding hydrogens is 959 g/mol. The number of nitrogens with zero attached hydrogens (tertiary/aromatic N) is 16. The van der Waals surface area contributed by atoms with Crippen molar-refractivity contribution in [2.45, 2.75) is 108 Å². The van der Waals surface area contributed by atoms with Crippen molar-refractivity contribution >= 4 is 69.0 Å². The number of benzene rings is 2. The zero-order chi connectivity index (χ0) is 54.5. The molecule has 0 spiro atoms. The average Bonchev–Trinajstić information content (AvgIpc) is 4.04. The molecular formula is C52H55N17O4S. The van der Waals surface area contributed by atoms with Crippen molar-refractivity contribution < 1.29 is 15.0 Å². The Labute approximate surface area is 431 Å². The van der Waals surface area contributed by atoms with Crippen molar-refractivity contribution in [1.29, 1.82) is 10.5 Å². The van der Waals surface area contributed by atoms with E-state index in [9.17, 15) is 30.3 Å². The number of carboxylic acid groups (broad SMARTS) is 1. The topological polar surface area (TPSA) is 270 Å². The number of azo groups is 2. The molecule has 0 atom stereocenters. The summed E-state index contributed by atoms with van der Waals surface area (Å²) in [6, 6.07) is 14.0. The minimum Gasteiger partial charge on any atom is -0.493 e. The molecule has 0 saturated carbocycles. The fraction of sp³-hybridized carbons (Fsp3) is 0.346. The highest BCUT2D eigenvalue weighted by atomic mass is 32.1. The second kappa shape index (κ2) is 19.9. The Morgan fingerprint density at radius 1 is 0.770 bits per heavy atom. The fourth-order valence-corrected chi connectivity index (χ4v) is 9.45. The molecule has 378 valence electrons. The number of anilines is 4. The van der Waals surface area contributed by atoms with E-state index >= 15 is 0 Å². The van der Waals surface area contributed by atoms with Crippen molar-refractivity contribution in [3.63, 3.8) is 0 Å². The van der Waals surface area contributed by atoms with Crippen molar-refractivity contribution in [3.05, 3.63) is 119 Å². The zero-order valence-electron chi connectivity index (χ0n) is 43.9. The number of carbonyl (C=O) groups is 1. The lowest BCUT2D eigenvalue weighted by Gasteiger charge is -2.27. The van der Waals surface area contributed by atoms with Crippen molar-refractivity contribution in [2.75, 3.05) is 16.8 Å². The molecule has 74 heavy (non-hydrogen) atoms. The van der Waals surface area contributed by atoms with E-state index in [0.717, 1.165) is 55.0 Å². The molecule has 3 N–H and O–H groups in total. The summed E-state index contributed by atoms with van der Waals surface area (Å²) in [5, 5.41) is 82.4. The summed E-state index contributed by atoms with van der Waals surface area (Å²) in [6.45, 7) is 34.2. The van der Waals surface area contributed by atoms with Gasteiger partial charge in [-0.1, -0.05) is 88.3 Å². The van der Waals surface area contributed by atoms with Gasteiger partial charge in [0.25, 0.3) is 11.2 Å². The summed E-state index contributed by atoms with van der Waals surface area (Å²) < 4.78 is 3.53. The molecule has 0 saturated heterocycles. The molecule has 5 aromatic heterocycles. The van der Waals surface area contributed by atoms with Gasteiger partial charge in [0.1, 0.15) is 41.3 Å². The third kappa shape index (κ3) is 9.97. The molecule has 5 heterocycles. The summed E-state index contributed by atoms with van der Waals surface area (Å²) in [7, 11) is 1.29. The summed E-state index contributed by atoms with van der Waals surface area (Å²) in [5.41, 5.74) is 6.54. The highest BCUT2D eigenvalue weighted by Gasteiger charge is 2.33. The monoisotopic (exact) mass is 1010 g/mol. The van der Waals surface area contributed by atoms with Crippen LogP contribution in [0.25, 0.3) is 15.1 Å². The normalized spacial score (nSPS) is 11.8. The van der Waals surface area contributed by atoms with E-state index in [0.29, 0.717) is 34.1 Å². The SMILES string of the molecule is [C-]#[N+]c1c(C(C)(C)C)nn(-c2nnc(-n3nc(C(C)(C)C)c(C#N)c3N=Nc3c(C)cc(N(CC(=O)O)c4c(C)cc(C)cc4C)nc3Nc3c(C)cc(C)cc3C)s2)c1N=Nc1c(C)c(C#N)c(=O)n(C)c1O. The van der Waals surface area contributed by atoms with Gasteiger partial charge in [-0.15, -0.1) is 30.7 Å². The standard InChI is InChI=1S/C52H55N17O4S/c1-25-17-27(3)37(28(4)18-25)57-44-38(29(5)21-35(56-44)67(24-36(70)71)41-30(6)19-26(2)20-31(41)7)58-60-45-34(23-54)42(51(9,10)11)64-68(45)49-62-63-50(74-49)69-46(40(55-15)43(65-69)52(12,13)14)61-59-39-32(8)33(22-53)47(72)66(16)48(39)73/h17-21,73H,24H2,1-14,16H3,(H,56,57)(H,70,71). The molecule has 0 aliphatic rings. The highest BCUT2D eigenvalue weighted by Crippen LogP contribution is 2.44. The van der Waals surface area contributed by atoms with Crippen LogP contribution in [0.4, 0.5) is 51.7 Å². The van der Waals surface area contributed by atoms with Gasteiger partial charge < -0.3 is 20.4 Å². The van der Waals surface area contributed by atoms with E-state index in [1.54, 1.807) is 11.0 Å². The number of hydrogen-bond acceptors (Lipinski definition) is 17. The second-order valence-corrected chi connectivity index (χ2v) is 21.1. The number of nitriles is 2. The molecule has 22 heteroatoms.